The maximum Gasteiger partial charge on any atom is 0.338 e. The topological polar surface area (TPSA) is 84.5 Å². The predicted octanol–water partition coefficient (Wildman–Crippen LogP) is 2.30. The molecule has 0 saturated heterocycles. The molecule has 7 heteroatoms. The maximum atomic E-state index is 12.8. The predicted molar refractivity (Wildman–Crippen MR) is 94.1 cm³/mol. The molecule has 26 heavy (non-hydrogen) atoms. The summed E-state index contributed by atoms with van der Waals surface area (Å²) >= 11 is 0. The fourth-order valence-corrected chi connectivity index (χ4v) is 2.06. The minimum absolute atomic E-state index is 0.293. The molecule has 2 amide bonds. The molecule has 2 N–H and O–H groups in total. The van der Waals surface area contributed by atoms with Gasteiger partial charge < -0.3 is 15.4 Å². The number of rotatable bonds is 7. The monoisotopic (exact) mass is 358 g/mol. The minimum Gasteiger partial charge on any atom is -0.452 e. The molecule has 2 rings (SSSR count). The number of esters is 1. The number of anilines is 1. The number of amides is 2. The lowest BCUT2D eigenvalue weighted by Crippen LogP contribution is -2.35. The normalized spacial score (nSPS) is 10.1. The second-order valence-corrected chi connectivity index (χ2v) is 5.46. The van der Waals surface area contributed by atoms with E-state index in [0.717, 1.165) is 12.0 Å². The van der Waals surface area contributed by atoms with Crippen LogP contribution in [0.2, 0.25) is 0 Å². The quantitative estimate of drug-likeness (QED) is 0.744. The molecule has 2 aromatic carbocycles. The van der Waals surface area contributed by atoms with E-state index in [9.17, 15) is 18.8 Å². The van der Waals surface area contributed by atoms with Crippen molar-refractivity contribution >= 4 is 23.5 Å². The van der Waals surface area contributed by atoms with Crippen LogP contribution in [0, 0.1) is 5.82 Å². The van der Waals surface area contributed by atoms with Gasteiger partial charge in [0.1, 0.15) is 5.82 Å². The molecule has 0 radical (unpaired) electrons. The molecule has 2 aromatic rings. The van der Waals surface area contributed by atoms with E-state index in [1.165, 1.54) is 24.3 Å². The second kappa shape index (κ2) is 9.31. The average Bonchev–Trinajstić information content (AvgIpc) is 2.66. The Morgan fingerprint density at radius 1 is 0.962 bits per heavy atom. The molecule has 0 aliphatic rings. The third-order valence-electron chi connectivity index (χ3n) is 3.51. The van der Waals surface area contributed by atoms with Crippen molar-refractivity contribution in [2.24, 2.45) is 0 Å². The lowest BCUT2D eigenvalue weighted by Gasteiger charge is -2.08. The summed E-state index contributed by atoms with van der Waals surface area (Å²) in [6.45, 7) is 1.22. The Labute approximate surface area is 150 Å². The van der Waals surface area contributed by atoms with Crippen LogP contribution in [0.3, 0.4) is 0 Å². The first-order valence-corrected chi connectivity index (χ1v) is 8.06. The highest BCUT2D eigenvalue weighted by Gasteiger charge is 2.11. The number of ether oxygens (including phenoxy) is 1. The standard InChI is InChI=1S/C19H19FN2O4/c1-2-13-3-5-14(6-4-13)19(25)26-12-18(24)21-11-17(23)22-16-9-7-15(20)8-10-16/h3-10H,2,11-12H2,1H3,(H,21,24)(H,22,23). The van der Waals surface area contributed by atoms with Gasteiger partial charge in [0.15, 0.2) is 6.61 Å². The first-order chi connectivity index (χ1) is 12.5. The van der Waals surface area contributed by atoms with Gasteiger partial charge in [-0.1, -0.05) is 19.1 Å². The molecule has 0 heterocycles. The Morgan fingerprint density at radius 2 is 1.62 bits per heavy atom. The van der Waals surface area contributed by atoms with Gasteiger partial charge in [-0.15, -0.1) is 0 Å². The van der Waals surface area contributed by atoms with Crippen LogP contribution in [0.15, 0.2) is 48.5 Å². The van der Waals surface area contributed by atoms with Crippen molar-refractivity contribution in [3.05, 3.63) is 65.5 Å². The first-order valence-electron chi connectivity index (χ1n) is 8.06. The lowest BCUT2D eigenvalue weighted by molar-refractivity contribution is -0.126. The largest absolute Gasteiger partial charge is 0.452 e. The summed E-state index contributed by atoms with van der Waals surface area (Å²) in [5.74, 6) is -2.11. The number of carbonyl (C=O) groups excluding carboxylic acids is 3. The number of hydrogen-bond acceptors (Lipinski definition) is 4. The molecule has 0 fully saturated rings. The second-order valence-electron chi connectivity index (χ2n) is 5.46. The van der Waals surface area contributed by atoms with E-state index >= 15 is 0 Å². The van der Waals surface area contributed by atoms with E-state index < -0.39 is 30.2 Å². The third kappa shape index (κ3) is 6.01. The van der Waals surface area contributed by atoms with Gasteiger partial charge in [0.25, 0.3) is 5.91 Å². The zero-order valence-corrected chi connectivity index (χ0v) is 14.3. The summed E-state index contributed by atoms with van der Waals surface area (Å²) in [6, 6.07) is 12.1. The van der Waals surface area contributed by atoms with Gasteiger partial charge in [-0.2, -0.15) is 0 Å². The number of carbonyl (C=O) groups is 3. The van der Waals surface area contributed by atoms with Gasteiger partial charge in [-0.25, -0.2) is 9.18 Å². The van der Waals surface area contributed by atoms with Crippen LogP contribution in [-0.2, 0) is 20.7 Å². The zero-order chi connectivity index (χ0) is 18.9. The van der Waals surface area contributed by atoms with Crippen molar-refractivity contribution in [2.45, 2.75) is 13.3 Å². The molecule has 0 aliphatic carbocycles. The molecule has 0 atom stereocenters. The maximum absolute atomic E-state index is 12.8. The fraction of sp³-hybridized carbons (Fsp3) is 0.211. The van der Waals surface area contributed by atoms with Crippen LogP contribution >= 0.6 is 0 Å². The summed E-state index contributed by atoms with van der Waals surface area (Å²) < 4.78 is 17.7. The van der Waals surface area contributed by atoms with Crippen LogP contribution < -0.4 is 10.6 Å². The molecular formula is C19H19FN2O4. The Balaban J connectivity index is 1.71. The van der Waals surface area contributed by atoms with Crippen LogP contribution in [0.1, 0.15) is 22.8 Å². The summed E-state index contributed by atoms with van der Waals surface area (Å²) in [4.78, 5) is 35.2. The van der Waals surface area contributed by atoms with Crippen LogP contribution in [0.25, 0.3) is 0 Å². The van der Waals surface area contributed by atoms with Crippen molar-refractivity contribution < 1.29 is 23.5 Å². The highest BCUT2D eigenvalue weighted by atomic mass is 19.1. The number of benzene rings is 2. The summed E-state index contributed by atoms with van der Waals surface area (Å²) in [5, 5.41) is 4.83. The average molecular weight is 358 g/mol. The summed E-state index contributed by atoms with van der Waals surface area (Å²) in [7, 11) is 0. The van der Waals surface area contributed by atoms with Crippen LogP contribution in [0.4, 0.5) is 10.1 Å². The van der Waals surface area contributed by atoms with E-state index in [2.05, 4.69) is 10.6 Å². The Hall–Kier alpha value is -3.22. The van der Waals surface area contributed by atoms with Crippen molar-refractivity contribution in [3.63, 3.8) is 0 Å². The number of hydrogen-bond donors (Lipinski definition) is 2. The van der Waals surface area contributed by atoms with Gasteiger partial charge in [0, 0.05) is 5.69 Å². The molecule has 136 valence electrons. The van der Waals surface area contributed by atoms with E-state index in [1.54, 1.807) is 12.1 Å². The van der Waals surface area contributed by atoms with E-state index in [1.807, 2.05) is 19.1 Å². The van der Waals surface area contributed by atoms with Crippen molar-refractivity contribution in [3.8, 4) is 0 Å². The SMILES string of the molecule is CCc1ccc(C(=O)OCC(=O)NCC(=O)Nc2ccc(F)cc2)cc1. The van der Waals surface area contributed by atoms with Crippen molar-refractivity contribution in [1.29, 1.82) is 0 Å². The lowest BCUT2D eigenvalue weighted by atomic mass is 10.1. The van der Waals surface area contributed by atoms with Crippen molar-refractivity contribution in [1.82, 2.24) is 5.32 Å². The smallest absolute Gasteiger partial charge is 0.338 e. The molecule has 0 bridgehead atoms. The zero-order valence-electron chi connectivity index (χ0n) is 14.3. The molecule has 0 aromatic heterocycles. The summed E-state index contributed by atoms with van der Waals surface area (Å²) in [6.07, 6.45) is 0.859. The van der Waals surface area contributed by atoms with Gasteiger partial charge in [-0.05, 0) is 48.4 Å². The van der Waals surface area contributed by atoms with Crippen LogP contribution in [0.5, 0.6) is 0 Å². The summed E-state index contributed by atoms with van der Waals surface area (Å²) in [5.41, 5.74) is 1.85. The van der Waals surface area contributed by atoms with Gasteiger partial charge in [0.2, 0.25) is 5.91 Å². The van der Waals surface area contributed by atoms with Gasteiger partial charge in [0.05, 0.1) is 12.1 Å². The minimum atomic E-state index is -0.612. The number of nitrogens with one attached hydrogen (secondary N) is 2. The highest BCUT2D eigenvalue weighted by Crippen LogP contribution is 2.08. The van der Waals surface area contributed by atoms with Gasteiger partial charge in [-0.3, -0.25) is 9.59 Å². The van der Waals surface area contributed by atoms with E-state index in [0.29, 0.717) is 11.3 Å². The molecule has 0 aliphatic heterocycles. The third-order valence-corrected chi connectivity index (χ3v) is 3.51. The molecule has 0 spiro atoms. The number of aryl methyl sites for hydroxylation is 1. The first kappa shape index (κ1) is 19.1. The molecule has 0 saturated carbocycles. The molecule has 0 unspecified atom stereocenters. The number of halogens is 1. The van der Waals surface area contributed by atoms with Crippen molar-refractivity contribution in [2.75, 3.05) is 18.5 Å². The Kier molecular flexibility index (Phi) is 6.84. The fourth-order valence-electron chi connectivity index (χ4n) is 2.06. The molecular weight excluding hydrogens is 339 g/mol. The molecule has 6 nitrogen and oxygen atoms in total. The van der Waals surface area contributed by atoms with Crippen LogP contribution in [-0.4, -0.2) is 30.9 Å². The highest BCUT2D eigenvalue weighted by molar-refractivity contribution is 5.95. The van der Waals surface area contributed by atoms with E-state index in [-0.39, 0.29) is 6.54 Å². The van der Waals surface area contributed by atoms with Gasteiger partial charge >= 0.3 is 5.97 Å². The Morgan fingerprint density at radius 3 is 2.23 bits per heavy atom. The Bertz CT molecular complexity index is 773. The van der Waals surface area contributed by atoms with E-state index in [4.69, 9.17) is 4.74 Å².